The highest BCUT2D eigenvalue weighted by molar-refractivity contribution is 6.00. The van der Waals surface area contributed by atoms with E-state index >= 15 is 0 Å². The van der Waals surface area contributed by atoms with E-state index in [9.17, 15) is 14.4 Å². The molecule has 6 heteroatoms. The van der Waals surface area contributed by atoms with Crippen molar-refractivity contribution in [2.45, 2.75) is 26.9 Å². The molecular formula is C21H18O6. The maximum Gasteiger partial charge on any atom is 0.375 e. The van der Waals surface area contributed by atoms with Gasteiger partial charge in [0, 0.05) is 11.1 Å². The maximum absolute atomic E-state index is 12.4. The van der Waals surface area contributed by atoms with Crippen molar-refractivity contribution < 1.29 is 28.6 Å². The molecule has 0 spiro atoms. The fourth-order valence-corrected chi connectivity index (χ4v) is 2.53. The molecular weight excluding hydrogens is 348 g/mol. The first-order valence-electron chi connectivity index (χ1n) is 8.31. The van der Waals surface area contributed by atoms with Gasteiger partial charge in [-0.05, 0) is 55.8 Å². The maximum atomic E-state index is 12.4. The smallest absolute Gasteiger partial charge is 0.375 e. The number of carbonyl (C=O) groups excluding carboxylic acids is 3. The average molecular weight is 366 g/mol. The molecule has 2 aromatic rings. The summed E-state index contributed by atoms with van der Waals surface area (Å²) in [5.41, 5.74) is 1.12. The first-order valence-corrected chi connectivity index (χ1v) is 8.31. The molecule has 0 radical (unpaired) electrons. The average Bonchev–Trinajstić information content (AvgIpc) is 2.87. The minimum Gasteiger partial charge on any atom is -0.452 e. The fourth-order valence-electron chi connectivity index (χ4n) is 2.53. The van der Waals surface area contributed by atoms with E-state index in [0.29, 0.717) is 16.7 Å². The standard InChI is InChI=1S/C21H18O6/c1-11(2)19(22)26-17-8-7-14-5-6-15(9-16(14)10-17)20(23)27-18-12(3)13(4)25-21(18)24/h5-10,13H,1H2,2-4H3. The van der Waals surface area contributed by atoms with Crippen molar-refractivity contribution in [1.82, 2.24) is 0 Å². The van der Waals surface area contributed by atoms with Crippen molar-refractivity contribution >= 4 is 28.7 Å². The lowest BCUT2D eigenvalue weighted by molar-refractivity contribution is -0.141. The molecule has 6 nitrogen and oxygen atoms in total. The van der Waals surface area contributed by atoms with E-state index in [-0.39, 0.29) is 16.9 Å². The Morgan fingerprint density at radius 3 is 2.41 bits per heavy atom. The Balaban J connectivity index is 1.87. The quantitative estimate of drug-likeness (QED) is 0.466. The van der Waals surface area contributed by atoms with Crippen molar-refractivity contribution in [3.05, 3.63) is 65.4 Å². The highest BCUT2D eigenvalue weighted by atomic mass is 16.6. The summed E-state index contributed by atoms with van der Waals surface area (Å²) in [4.78, 5) is 35.9. The highest BCUT2D eigenvalue weighted by Crippen LogP contribution is 2.26. The summed E-state index contributed by atoms with van der Waals surface area (Å²) in [5.74, 6) is -1.57. The fraction of sp³-hybridized carbons (Fsp3) is 0.190. The molecule has 1 unspecified atom stereocenters. The predicted molar refractivity (Wildman–Crippen MR) is 98.1 cm³/mol. The number of benzene rings is 2. The van der Waals surface area contributed by atoms with E-state index in [4.69, 9.17) is 14.2 Å². The van der Waals surface area contributed by atoms with E-state index in [1.807, 2.05) is 0 Å². The molecule has 0 saturated carbocycles. The first kappa shape index (κ1) is 18.4. The summed E-state index contributed by atoms with van der Waals surface area (Å²) in [7, 11) is 0. The van der Waals surface area contributed by atoms with E-state index in [1.165, 1.54) is 0 Å². The van der Waals surface area contributed by atoms with Gasteiger partial charge in [0.1, 0.15) is 11.9 Å². The van der Waals surface area contributed by atoms with Gasteiger partial charge in [-0.1, -0.05) is 18.7 Å². The van der Waals surface area contributed by atoms with Gasteiger partial charge in [0.25, 0.3) is 0 Å². The Morgan fingerprint density at radius 1 is 1.07 bits per heavy atom. The lowest BCUT2D eigenvalue weighted by Gasteiger charge is -2.07. The Morgan fingerprint density at radius 2 is 1.78 bits per heavy atom. The van der Waals surface area contributed by atoms with Gasteiger partial charge in [-0.3, -0.25) is 0 Å². The highest BCUT2D eigenvalue weighted by Gasteiger charge is 2.32. The van der Waals surface area contributed by atoms with Crippen LogP contribution >= 0.6 is 0 Å². The second-order valence-corrected chi connectivity index (χ2v) is 6.34. The van der Waals surface area contributed by atoms with Crippen LogP contribution in [0.5, 0.6) is 5.75 Å². The molecule has 3 rings (SSSR count). The van der Waals surface area contributed by atoms with Gasteiger partial charge in [-0.2, -0.15) is 0 Å². The zero-order valence-electron chi connectivity index (χ0n) is 15.2. The normalized spacial score (nSPS) is 16.3. The Labute approximate surface area is 156 Å². The first-order chi connectivity index (χ1) is 12.8. The summed E-state index contributed by atoms with van der Waals surface area (Å²) >= 11 is 0. The van der Waals surface area contributed by atoms with Crippen molar-refractivity contribution in [2.24, 2.45) is 0 Å². The third-order valence-corrected chi connectivity index (χ3v) is 4.24. The molecule has 0 aromatic heterocycles. The number of carbonyl (C=O) groups is 3. The van der Waals surface area contributed by atoms with Gasteiger partial charge in [0.2, 0.25) is 5.76 Å². The lowest BCUT2D eigenvalue weighted by atomic mass is 10.1. The third kappa shape index (κ3) is 3.74. The number of hydrogen-bond acceptors (Lipinski definition) is 6. The molecule has 2 aromatic carbocycles. The number of esters is 3. The summed E-state index contributed by atoms with van der Waals surface area (Å²) in [5, 5.41) is 1.54. The number of hydrogen-bond donors (Lipinski definition) is 0. The molecule has 0 bridgehead atoms. The van der Waals surface area contributed by atoms with E-state index in [2.05, 4.69) is 6.58 Å². The Bertz CT molecular complexity index is 1010. The number of fused-ring (bicyclic) bond motifs is 1. The second-order valence-electron chi connectivity index (χ2n) is 6.34. The summed E-state index contributed by atoms with van der Waals surface area (Å²) < 4.78 is 15.5. The van der Waals surface area contributed by atoms with E-state index in [0.717, 1.165) is 5.39 Å². The van der Waals surface area contributed by atoms with Crippen molar-refractivity contribution in [3.8, 4) is 5.75 Å². The van der Waals surface area contributed by atoms with Crippen LogP contribution < -0.4 is 4.74 Å². The monoisotopic (exact) mass is 366 g/mol. The molecule has 27 heavy (non-hydrogen) atoms. The molecule has 1 atom stereocenters. The third-order valence-electron chi connectivity index (χ3n) is 4.24. The van der Waals surface area contributed by atoms with Gasteiger partial charge in [0.15, 0.2) is 0 Å². The largest absolute Gasteiger partial charge is 0.452 e. The predicted octanol–water partition coefficient (Wildman–Crippen LogP) is 3.70. The summed E-state index contributed by atoms with van der Waals surface area (Å²) in [6, 6.07) is 10.0. The number of cyclic esters (lactones) is 1. The number of rotatable bonds is 4. The van der Waals surface area contributed by atoms with E-state index in [1.54, 1.807) is 57.2 Å². The van der Waals surface area contributed by atoms with Gasteiger partial charge in [0.05, 0.1) is 5.56 Å². The van der Waals surface area contributed by atoms with Crippen LogP contribution in [0.4, 0.5) is 0 Å². The lowest BCUT2D eigenvalue weighted by Crippen LogP contribution is -2.10. The zero-order chi connectivity index (χ0) is 19.7. The Kier molecular flexibility index (Phi) is 4.81. The van der Waals surface area contributed by atoms with Crippen molar-refractivity contribution in [3.63, 3.8) is 0 Å². The molecule has 1 aliphatic heterocycles. The van der Waals surface area contributed by atoms with Crippen LogP contribution in [0.25, 0.3) is 10.8 Å². The minimum absolute atomic E-state index is 0.0725. The van der Waals surface area contributed by atoms with Gasteiger partial charge in [-0.25, -0.2) is 14.4 Å². The van der Waals surface area contributed by atoms with Crippen LogP contribution in [0.3, 0.4) is 0 Å². The van der Waals surface area contributed by atoms with Gasteiger partial charge < -0.3 is 14.2 Å². The second kappa shape index (κ2) is 7.07. The van der Waals surface area contributed by atoms with Gasteiger partial charge >= 0.3 is 17.9 Å². The molecule has 0 N–H and O–H groups in total. The summed E-state index contributed by atoms with van der Waals surface area (Å²) in [6.45, 7) is 8.49. The molecule has 0 fully saturated rings. The van der Waals surface area contributed by atoms with Crippen LogP contribution in [-0.2, 0) is 19.1 Å². The molecule has 0 saturated heterocycles. The van der Waals surface area contributed by atoms with Gasteiger partial charge in [-0.15, -0.1) is 0 Å². The van der Waals surface area contributed by atoms with Crippen LogP contribution in [0.2, 0.25) is 0 Å². The Hall–Kier alpha value is -3.41. The van der Waals surface area contributed by atoms with Crippen LogP contribution in [0, 0.1) is 0 Å². The van der Waals surface area contributed by atoms with Crippen LogP contribution in [0.15, 0.2) is 59.9 Å². The molecule has 138 valence electrons. The van der Waals surface area contributed by atoms with Crippen molar-refractivity contribution in [1.29, 1.82) is 0 Å². The molecule has 0 aliphatic carbocycles. The minimum atomic E-state index is -0.665. The zero-order valence-corrected chi connectivity index (χ0v) is 15.2. The van der Waals surface area contributed by atoms with Crippen LogP contribution in [0.1, 0.15) is 31.1 Å². The molecule has 1 aliphatic rings. The molecule has 1 heterocycles. The van der Waals surface area contributed by atoms with E-state index < -0.39 is 24.0 Å². The summed E-state index contributed by atoms with van der Waals surface area (Å²) in [6.07, 6.45) is -0.414. The topological polar surface area (TPSA) is 78.9 Å². The molecule has 0 amide bonds. The van der Waals surface area contributed by atoms with Crippen LogP contribution in [-0.4, -0.2) is 24.0 Å². The SMILES string of the molecule is C=C(C)C(=O)Oc1ccc2ccc(C(=O)OC3=C(C)C(C)OC3=O)cc2c1. The number of ether oxygens (including phenoxy) is 3. The van der Waals surface area contributed by atoms with Crippen molar-refractivity contribution in [2.75, 3.05) is 0 Å².